The third-order valence-electron chi connectivity index (χ3n) is 9.85. The Kier molecular flexibility index (Phi) is 7.29. The van der Waals surface area contributed by atoms with Crippen LogP contribution in [0.1, 0.15) is 72.5 Å². The van der Waals surface area contributed by atoms with E-state index in [4.69, 9.17) is 4.98 Å². The van der Waals surface area contributed by atoms with Gasteiger partial charge in [0.15, 0.2) is 0 Å². The number of halogens is 3. The molecule has 2 saturated heterocycles. The summed E-state index contributed by atoms with van der Waals surface area (Å²) < 4.78 is 43.1. The quantitative estimate of drug-likeness (QED) is 0.543. The highest BCUT2D eigenvalue weighted by Crippen LogP contribution is 2.47. The lowest BCUT2D eigenvalue weighted by Gasteiger charge is -2.47. The Labute approximate surface area is 233 Å². The fraction of sp³-hybridized carbons (Fsp3) is 0.667. The van der Waals surface area contributed by atoms with Crippen LogP contribution >= 0.6 is 11.3 Å². The van der Waals surface area contributed by atoms with Crippen LogP contribution in [0.3, 0.4) is 0 Å². The lowest BCUT2D eigenvalue weighted by molar-refractivity contribution is -0.143. The van der Waals surface area contributed by atoms with Crippen LogP contribution in [-0.4, -0.2) is 60.0 Å². The van der Waals surface area contributed by atoms with Crippen LogP contribution in [0, 0.1) is 24.6 Å². The van der Waals surface area contributed by atoms with Crippen molar-refractivity contribution in [1.82, 2.24) is 20.5 Å². The van der Waals surface area contributed by atoms with Crippen LogP contribution in [0.25, 0.3) is 0 Å². The van der Waals surface area contributed by atoms with E-state index in [1.165, 1.54) is 10.9 Å². The molecule has 3 fully saturated rings. The van der Waals surface area contributed by atoms with Crippen LogP contribution in [0.2, 0.25) is 0 Å². The number of piperidine rings is 1. The van der Waals surface area contributed by atoms with Gasteiger partial charge in [0.2, 0.25) is 11.8 Å². The van der Waals surface area contributed by atoms with Crippen molar-refractivity contribution >= 4 is 17.2 Å². The van der Waals surface area contributed by atoms with Crippen LogP contribution in [0.4, 0.5) is 13.2 Å². The molecule has 4 aliphatic rings. The molecule has 39 heavy (non-hydrogen) atoms. The number of carbonyl (C=O) groups excluding carboxylic acids is 1. The van der Waals surface area contributed by atoms with Gasteiger partial charge in [0, 0.05) is 67.8 Å². The zero-order valence-electron chi connectivity index (χ0n) is 22.8. The van der Waals surface area contributed by atoms with Crippen molar-refractivity contribution in [3.8, 4) is 0 Å². The molecule has 0 radical (unpaired) electrons. The molecule has 5 nitrogen and oxygen atoms in total. The maximum absolute atomic E-state index is 14.8. The van der Waals surface area contributed by atoms with Gasteiger partial charge in [-0.3, -0.25) is 4.79 Å². The lowest BCUT2D eigenvalue weighted by atomic mass is 9.72. The number of benzene rings is 1. The average molecular weight is 561 g/mol. The lowest BCUT2D eigenvalue weighted by Crippen LogP contribution is -2.56. The summed E-state index contributed by atoms with van der Waals surface area (Å²) in [6.45, 7) is 6.74. The smallest absolute Gasteiger partial charge is 0.248 e. The molecule has 212 valence electrons. The van der Waals surface area contributed by atoms with Crippen LogP contribution in [0.15, 0.2) is 24.3 Å². The second kappa shape index (κ2) is 10.5. The molecule has 3 aliphatic heterocycles. The second-order valence-corrected chi connectivity index (χ2v) is 13.6. The molecule has 9 heteroatoms. The van der Waals surface area contributed by atoms with E-state index in [1.54, 1.807) is 17.4 Å². The topological polar surface area (TPSA) is 57.3 Å². The first kappa shape index (κ1) is 27.2. The molecule has 1 spiro atoms. The predicted molar refractivity (Wildman–Crippen MR) is 147 cm³/mol. The van der Waals surface area contributed by atoms with Gasteiger partial charge >= 0.3 is 0 Å². The highest BCUT2D eigenvalue weighted by molar-refractivity contribution is 7.11. The van der Waals surface area contributed by atoms with Crippen LogP contribution in [-0.2, 0) is 16.6 Å². The molecular weight excluding hydrogens is 521 g/mol. The van der Waals surface area contributed by atoms with E-state index in [1.807, 2.05) is 24.0 Å². The van der Waals surface area contributed by atoms with E-state index in [-0.39, 0.29) is 59.8 Å². The van der Waals surface area contributed by atoms with Gasteiger partial charge in [0.05, 0.1) is 16.6 Å². The highest BCUT2D eigenvalue weighted by atomic mass is 32.1. The predicted octanol–water partition coefficient (Wildman–Crippen LogP) is 5.18. The SMILES string of the molecule is Cc1nc2c(s1)[C@@]1(CNC[C@H]1C(=O)N1CC[C@@H](c3ccccc3F)C[C@H]1C1CCC(F)(F)CC1)CN[C@H](C)C2. The summed E-state index contributed by atoms with van der Waals surface area (Å²) in [5.41, 5.74) is 1.40. The van der Waals surface area contributed by atoms with Gasteiger partial charge in [-0.15, -0.1) is 11.3 Å². The number of nitrogens with one attached hydrogen (secondary N) is 2. The molecule has 0 bridgehead atoms. The number of thiazole rings is 1. The van der Waals surface area contributed by atoms with E-state index in [0.717, 1.165) is 17.1 Å². The van der Waals surface area contributed by atoms with E-state index in [2.05, 4.69) is 17.6 Å². The first-order valence-electron chi connectivity index (χ1n) is 14.5. The number of aromatic nitrogens is 1. The number of nitrogens with zero attached hydrogens (tertiary/aromatic N) is 2. The minimum absolute atomic E-state index is 0.00181. The fourth-order valence-corrected chi connectivity index (χ4v) is 8.94. The van der Waals surface area contributed by atoms with Crippen molar-refractivity contribution < 1.29 is 18.0 Å². The zero-order chi connectivity index (χ0) is 27.4. The van der Waals surface area contributed by atoms with Crippen molar-refractivity contribution in [2.75, 3.05) is 26.2 Å². The summed E-state index contributed by atoms with van der Waals surface area (Å²) in [5, 5.41) is 8.23. The number of amides is 1. The zero-order valence-corrected chi connectivity index (χ0v) is 23.6. The Bertz CT molecular complexity index is 1210. The summed E-state index contributed by atoms with van der Waals surface area (Å²) in [6.07, 6.45) is 2.67. The molecule has 1 aromatic heterocycles. The van der Waals surface area contributed by atoms with E-state index in [0.29, 0.717) is 57.4 Å². The van der Waals surface area contributed by atoms with Crippen molar-refractivity contribution in [3.05, 3.63) is 51.2 Å². The Morgan fingerprint density at radius 1 is 1.15 bits per heavy atom. The maximum atomic E-state index is 14.8. The highest BCUT2D eigenvalue weighted by Gasteiger charge is 2.54. The van der Waals surface area contributed by atoms with E-state index in [9.17, 15) is 18.0 Å². The summed E-state index contributed by atoms with van der Waals surface area (Å²) in [7, 11) is 0. The molecule has 2 N–H and O–H groups in total. The average Bonchev–Trinajstić information content (AvgIpc) is 3.47. The third-order valence-corrected chi connectivity index (χ3v) is 11.1. The third kappa shape index (κ3) is 5.04. The summed E-state index contributed by atoms with van der Waals surface area (Å²) in [4.78, 5) is 22.7. The Balaban J connectivity index is 1.32. The summed E-state index contributed by atoms with van der Waals surface area (Å²) >= 11 is 1.71. The molecular formula is C30H39F3N4OS. The second-order valence-electron chi connectivity index (χ2n) is 12.4. The van der Waals surface area contributed by atoms with Gasteiger partial charge in [-0.2, -0.15) is 0 Å². The number of likely N-dealkylation sites (tertiary alicyclic amines) is 1. The largest absolute Gasteiger partial charge is 0.339 e. The number of fused-ring (bicyclic) bond motifs is 2. The van der Waals surface area contributed by atoms with Crippen molar-refractivity contribution in [3.63, 3.8) is 0 Å². The van der Waals surface area contributed by atoms with Gasteiger partial charge in [0.25, 0.3) is 0 Å². The first-order chi connectivity index (χ1) is 18.7. The molecule has 0 unspecified atom stereocenters. The van der Waals surface area contributed by atoms with Gasteiger partial charge in [-0.1, -0.05) is 18.2 Å². The number of hydrogen-bond donors (Lipinski definition) is 2. The molecule has 1 aliphatic carbocycles. The van der Waals surface area contributed by atoms with Gasteiger partial charge in [-0.05, 0) is 63.0 Å². The number of aryl methyl sites for hydroxylation is 1. The molecule has 2 aromatic rings. The first-order valence-corrected chi connectivity index (χ1v) is 15.3. The summed E-state index contributed by atoms with van der Waals surface area (Å²) in [5.74, 6) is -3.01. The van der Waals surface area contributed by atoms with Crippen molar-refractivity contribution in [2.45, 2.75) is 88.1 Å². The van der Waals surface area contributed by atoms with Crippen LogP contribution < -0.4 is 10.6 Å². The van der Waals surface area contributed by atoms with Gasteiger partial charge in [0.1, 0.15) is 5.82 Å². The molecule has 5 atom stereocenters. The standard InChI is InChI=1S/C30H39F3N4OS/c1-18-13-25-27(39-19(2)36-25)29(17-35-18)16-34-15-23(29)28(38)37-12-9-21(22-5-3-4-6-24(22)31)14-26(37)20-7-10-30(32,33)11-8-20/h3-6,18,20-21,23,26,34-35H,7-17H2,1-2H3/t18-,21-,23+,26+,29+/m1/s1. The maximum Gasteiger partial charge on any atom is 0.248 e. The molecule has 1 amide bonds. The molecule has 4 heterocycles. The minimum atomic E-state index is -2.63. The normalized spacial score (nSPS) is 33.2. The number of carbonyl (C=O) groups is 1. The fourth-order valence-electron chi connectivity index (χ4n) is 7.76. The molecule has 6 rings (SSSR count). The molecule has 1 aromatic carbocycles. The Morgan fingerprint density at radius 2 is 1.92 bits per heavy atom. The minimum Gasteiger partial charge on any atom is -0.339 e. The van der Waals surface area contributed by atoms with Gasteiger partial charge in [-0.25, -0.2) is 18.2 Å². The van der Waals surface area contributed by atoms with Crippen molar-refractivity contribution in [1.29, 1.82) is 0 Å². The van der Waals surface area contributed by atoms with Gasteiger partial charge < -0.3 is 15.5 Å². The molecule has 1 saturated carbocycles. The Morgan fingerprint density at radius 3 is 2.69 bits per heavy atom. The number of hydrogen-bond acceptors (Lipinski definition) is 5. The monoisotopic (exact) mass is 560 g/mol. The van der Waals surface area contributed by atoms with Crippen molar-refractivity contribution in [2.24, 2.45) is 11.8 Å². The Hall–Kier alpha value is -1.97. The van der Waals surface area contributed by atoms with Crippen LogP contribution in [0.5, 0.6) is 0 Å². The number of alkyl halides is 2. The van der Waals surface area contributed by atoms with E-state index < -0.39 is 5.92 Å². The number of rotatable bonds is 3. The summed E-state index contributed by atoms with van der Waals surface area (Å²) in [6, 6.07) is 6.99. The van der Waals surface area contributed by atoms with E-state index >= 15 is 0 Å².